The summed E-state index contributed by atoms with van der Waals surface area (Å²) in [6, 6.07) is 19.0. The maximum atomic E-state index is 13.7. The summed E-state index contributed by atoms with van der Waals surface area (Å²) in [5.41, 5.74) is 4.86. The molecule has 0 saturated carbocycles. The molecule has 5 rings (SSSR count). The summed E-state index contributed by atoms with van der Waals surface area (Å²) in [7, 11) is 6.28. The predicted octanol–water partition coefficient (Wildman–Crippen LogP) is 5.38. The third-order valence-electron chi connectivity index (χ3n) is 6.64. The number of para-hydroxylation sites is 1. The molecule has 0 radical (unpaired) electrons. The van der Waals surface area contributed by atoms with Crippen LogP contribution in [0.4, 0.5) is 10.5 Å². The highest BCUT2D eigenvalue weighted by Crippen LogP contribution is 2.41. The van der Waals surface area contributed by atoms with Gasteiger partial charge in [0.05, 0.1) is 40.2 Å². The lowest BCUT2D eigenvalue weighted by Crippen LogP contribution is -2.43. The molecule has 0 saturated heterocycles. The number of carbonyl (C=O) groups is 1. The molecule has 0 spiro atoms. The Bertz CT molecular complexity index is 1370. The second-order valence-corrected chi connectivity index (χ2v) is 8.53. The maximum Gasteiger partial charge on any atom is 0.322 e. The molecular formula is C28H29N3O5. The van der Waals surface area contributed by atoms with Crippen molar-refractivity contribution in [3.05, 3.63) is 77.5 Å². The topological polar surface area (TPSA) is 85.1 Å². The molecule has 8 nitrogen and oxygen atoms in total. The number of ether oxygens (including phenoxy) is 4. The Hall–Kier alpha value is -4.33. The molecule has 0 aliphatic carbocycles. The number of nitrogens with zero attached hydrogens (tertiary/aromatic N) is 1. The van der Waals surface area contributed by atoms with Crippen molar-refractivity contribution in [3.8, 4) is 23.0 Å². The highest BCUT2D eigenvalue weighted by Gasteiger charge is 2.35. The van der Waals surface area contributed by atoms with Gasteiger partial charge < -0.3 is 34.1 Å². The number of nitrogens with one attached hydrogen (secondary N) is 2. The summed E-state index contributed by atoms with van der Waals surface area (Å²) in [4.78, 5) is 19.2. The van der Waals surface area contributed by atoms with Gasteiger partial charge in [-0.15, -0.1) is 0 Å². The Morgan fingerprint density at radius 3 is 2.25 bits per heavy atom. The first-order valence-corrected chi connectivity index (χ1v) is 11.7. The predicted molar refractivity (Wildman–Crippen MR) is 139 cm³/mol. The van der Waals surface area contributed by atoms with Crippen molar-refractivity contribution < 1.29 is 23.7 Å². The van der Waals surface area contributed by atoms with Crippen LogP contribution in [-0.4, -0.2) is 50.9 Å². The van der Waals surface area contributed by atoms with E-state index in [9.17, 15) is 4.79 Å². The number of anilines is 1. The summed E-state index contributed by atoms with van der Waals surface area (Å²) in [6.07, 6.45) is 0.745. The Kier molecular flexibility index (Phi) is 6.33. The van der Waals surface area contributed by atoms with E-state index < -0.39 is 0 Å². The monoisotopic (exact) mass is 487 g/mol. The van der Waals surface area contributed by atoms with E-state index in [2.05, 4.69) is 22.4 Å². The van der Waals surface area contributed by atoms with E-state index in [1.807, 2.05) is 41.3 Å². The lowest BCUT2D eigenvalue weighted by molar-refractivity contribution is 0.193. The zero-order valence-electron chi connectivity index (χ0n) is 20.8. The number of aromatic nitrogens is 1. The zero-order chi connectivity index (χ0) is 25.2. The molecule has 1 atom stereocenters. The van der Waals surface area contributed by atoms with E-state index in [4.69, 9.17) is 18.9 Å². The second kappa shape index (κ2) is 9.73. The van der Waals surface area contributed by atoms with Crippen LogP contribution >= 0.6 is 0 Å². The molecule has 2 heterocycles. The molecule has 2 amide bonds. The van der Waals surface area contributed by atoms with Crippen molar-refractivity contribution in [2.24, 2.45) is 0 Å². The van der Waals surface area contributed by atoms with Crippen LogP contribution in [0.15, 0.2) is 60.7 Å². The van der Waals surface area contributed by atoms with Crippen molar-refractivity contribution in [1.29, 1.82) is 0 Å². The molecule has 8 heteroatoms. The average Bonchev–Trinajstić information content (AvgIpc) is 3.30. The minimum atomic E-state index is -0.297. The molecule has 186 valence electrons. The van der Waals surface area contributed by atoms with Crippen LogP contribution in [0.25, 0.3) is 10.9 Å². The van der Waals surface area contributed by atoms with Crippen LogP contribution in [-0.2, 0) is 6.42 Å². The van der Waals surface area contributed by atoms with Gasteiger partial charge >= 0.3 is 6.03 Å². The summed E-state index contributed by atoms with van der Waals surface area (Å²) in [6.45, 7) is 0.557. The van der Waals surface area contributed by atoms with Gasteiger partial charge in [0.25, 0.3) is 0 Å². The normalized spacial score (nSPS) is 14.8. The molecule has 0 unspecified atom stereocenters. The Labute approximate surface area is 209 Å². The molecule has 1 aliphatic rings. The molecule has 1 aromatic heterocycles. The lowest BCUT2D eigenvalue weighted by atomic mass is 9.92. The fraction of sp³-hybridized carbons (Fsp3) is 0.250. The molecule has 0 bridgehead atoms. The number of amides is 2. The number of carbonyl (C=O) groups excluding carboxylic acids is 1. The van der Waals surface area contributed by atoms with Gasteiger partial charge in [0, 0.05) is 35.3 Å². The summed E-state index contributed by atoms with van der Waals surface area (Å²) < 4.78 is 21.7. The van der Waals surface area contributed by atoms with Gasteiger partial charge in [0.1, 0.15) is 5.75 Å². The highest BCUT2D eigenvalue weighted by molar-refractivity contribution is 5.92. The number of H-pyrrole nitrogens is 1. The van der Waals surface area contributed by atoms with Gasteiger partial charge in [0.2, 0.25) is 5.75 Å². The van der Waals surface area contributed by atoms with Crippen molar-refractivity contribution in [2.75, 3.05) is 40.3 Å². The molecule has 3 aromatic carbocycles. The van der Waals surface area contributed by atoms with Crippen LogP contribution in [0.1, 0.15) is 22.9 Å². The molecular weight excluding hydrogens is 458 g/mol. The van der Waals surface area contributed by atoms with E-state index in [0.29, 0.717) is 29.5 Å². The van der Waals surface area contributed by atoms with Crippen LogP contribution in [0.2, 0.25) is 0 Å². The lowest BCUT2D eigenvalue weighted by Gasteiger charge is -2.36. The summed E-state index contributed by atoms with van der Waals surface area (Å²) >= 11 is 0. The molecule has 2 N–H and O–H groups in total. The number of methoxy groups -OCH3 is 4. The van der Waals surface area contributed by atoms with E-state index in [1.165, 1.54) is 10.9 Å². The number of benzene rings is 3. The smallest absolute Gasteiger partial charge is 0.322 e. The van der Waals surface area contributed by atoms with Crippen LogP contribution in [0.3, 0.4) is 0 Å². The first-order chi connectivity index (χ1) is 17.6. The second-order valence-electron chi connectivity index (χ2n) is 8.53. The molecule has 36 heavy (non-hydrogen) atoms. The number of urea groups is 1. The number of hydrogen-bond donors (Lipinski definition) is 2. The van der Waals surface area contributed by atoms with Crippen molar-refractivity contribution in [3.63, 3.8) is 0 Å². The van der Waals surface area contributed by atoms with Gasteiger partial charge in [-0.1, -0.05) is 30.3 Å². The minimum absolute atomic E-state index is 0.227. The molecule has 0 fully saturated rings. The van der Waals surface area contributed by atoms with Crippen LogP contribution < -0.4 is 24.3 Å². The third-order valence-corrected chi connectivity index (χ3v) is 6.64. The van der Waals surface area contributed by atoms with Gasteiger partial charge in [-0.3, -0.25) is 0 Å². The largest absolute Gasteiger partial charge is 0.497 e. The number of rotatable bonds is 6. The van der Waals surface area contributed by atoms with Gasteiger partial charge in [-0.05, 0) is 35.7 Å². The maximum absolute atomic E-state index is 13.7. The van der Waals surface area contributed by atoms with Crippen LogP contribution in [0, 0.1) is 0 Å². The summed E-state index contributed by atoms with van der Waals surface area (Å²) in [5, 5.41) is 4.22. The first kappa shape index (κ1) is 23.4. The van der Waals surface area contributed by atoms with Crippen molar-refractivity contribution in [2.45, 2.75) is 12.5 Å². The fourth-order valence-corrected chi connectivity index (χ4v) is 4.94. The minimum Gasteiger partial charge on any atom is -0.497 e. The quantitative estimate of drug-likeness (QED) is 0.381. The zero-order valence-corrected chi connectivity index (χ0v) is 20.8. The Morgan fingerprint density at radius 1 is 0.917 bits per heavy atom. The van der Waals surface area contributed by atoms with Gasteiger partial charge in [0.15, 0.2) is 11.5 Å². The van der Waals surface area contributed by atoms with E-state index >= 15 is 0 Å². The molecule has 1 aliphatic heterocycles. The average molecular weight is 488 g/mol. The number of hydrogen-bond acceptors (Lipinski definition) is 5. The van der Waals surface area contributed by atoms with Crippen molar-refractivity contribution in [1.82, 2.24) is 9.88 Å². The van der Waals surface area contributed by atoms with Gasteiger partial charge in [-0.25, -0.2) is 4.79 Å². The Balaban J connectivity index is 1.54. The third kappa shape index (κ3) is 4.04. The van der Waals surface area contributed by atoms with E-state index in [0.717, 1.165) is 28.9 Å². The fourth-order valence-electron chi connectivity index (χ4n) is 4.94. The standard InChI is InChI=1S/C28H29N3O5/c1-33-19-11-9-17(10-12-19)26-25-21(20-7-5-6-8-22(20)30-25)13-14-31(26)28(32)29-18-15-23(34-2)27(36-4)24(16-18)35-3/h5-12,15-16,26,30H,13-14H2,1-4H3,(H,29,32)/t26-/m0/s1. The van der Waals surface area contributed by atoms with E-state index in [1.54, 1.807) is 40.6 Å². The van der Waals surface area contributed by atoms with Crippen molar-refractivity contribution >= 4 is 22.6 Å². The number of fused-ring (bicyclic) bond motifs is 3. The van der Waals surface area contributed by atoms with Crippen LogP contribution in [0.5, 0.6) is 23.0 Å². The molecule has 4 aromatic rings. The first-order valence-electron chi connectivity index (χ1n) is 11.7. The summed E-state index contributed by atoms with van der Waals surface area (Å²) in [5.74, 6) is 2.17. The Morgan fingerprint density at radius 2 is 1.61 bits per heavy atom. The van der Waals surface area contributed by atoms with E-state index in [-0.39, 0.29) is 12.1 Å². The van der Waals surface area contributed by atoms with Gasteiger partial charge in [-0.2, -0.15) is 0 Å². The highest BCUT2D eigenvalue weighted by atomic mass is 16.5. The SMILES string of the molecule is COc1ccc([C@H]2c3[nH]c4ccccc4c3CCN2C(=O)Nc2cc(OC)c(OC)c(OC)c2)cc1. The number of aromatic amines is 1.